The number of aromatic nitrogens is 1. The molecule has 2 aliphatic rings. The summed E-state index contributed by atoms with van der Waals surface area (Å²) in [6.45, 7) is 4.55. The molecule has 0 N–H and O–H groups in total. The maximum Gasteiger partial charge on any atom is 0.227 e. The van der Waals surface area contributed by atoms with E-state index in [1.54, 1.807) is 6.07 Å². The molecule has 2 aliphatic heterocycles. The van der Waals surface area contributed by atoms with Gasteiger partial charge in [-0.25, -0.2) is 9.37 Å². The lowest BCUT2D eigenvalue weighted by molar-refractivity contribution is -0.136. The highest BCUT2D eigenvalue weighted by Gasteiger charge is 2.32. The lowest BCUT2D eigenvalue weighted by Crippen LogP contribution is -2.52. The fraction of sp³-hybridized carbons (Fsp3) is 0.391. The van der Waals surface area contributed by atoms with Crippen molar-refractivity contribution in [1.82, 2.24) is 9.88 Å². The van der Waals surface area contributed by atoms with Crippen molar-refractivity contribution in [2.75, 3.05) is 49.1 Å². The summed E-state index contributed by atoms with van der Waals surface area (Å²) in [6, 6.07) is 12.5. The first-order valence-electron chi connectivity index (χ1n) is 10.7. The quantitative estimate of drug-likeness (QED) is 0.572. The predicted octanol–water partition coefficient (Wildman–Crippen LogP) is 4.65. The van der Waals surface area contributed by atoms with Gasteiger partial charge in [0, 0.05) is 39.3 Å². The Bertz CT molecular complexity index is 1100. The molecule has 1 aromatic heterocycles. The van der Waals surface area contributed by atoms with E-state index in [0.29, 0.717) is 19.6 Å². The van der Waals surface area contributed by atoms with Crippen LogP contribution in [0.25, 0.3) is 10.2 Å². The van der Waals surface area contributed by atoms with Crippen molar-refractivity contribution in [2.45, 2.75) is 12.8 Å². The number of nitrogens with zero attached hydrogens (tertiary/aromatic N) is 4. The van der Waals surface area contributed by atoms with E-state index in [-0.39, 0.29) is 17.6 Å². The molecular formula is C23H24ClFN4OS. The van der Waals surface area contributed by atoms with Gasteiger partial charge < -0.3 is 14.7 Å². The molecule has 0 bridgehead atoms. The third-order valence-electron chi connectivity index (χ3n) is 6.16. The largest absolute Gasteiger partial charge is 0.367 e. The van der Waals surface area contributed by atoms with Crippen molar-refractivity contribution >= 4 is 49.9 Å². The number of carbonyl (C=O) groups excluding carboxylic acids is 1. The Hall–Kier alpha value is -2.38. The van der Waals surface area contributed by atoms with Crippen molar-refractivity contribution < 1.29 is 9.18 Å². The molecule has 5 nitrogen and oxygen atoms in total. The molecule has 1 unspecified atom stereocenters. The molecule has 0 spiro atoms. The minimum absolute atomic E-state index is 0.0237. The Morgan fingerprint density at radius 1 is 1.06 bits per heavy atom. The van der Waals surface area contributed by atoms with E-state index in [9.17, 15) is 9.18 Å². The summed E-state index contributed by atoms with van der Waals surface area (Å²) in [6.07, 6.45) is 1.86. The van der Waals surface area contributed by atoms with Crippen LogP contribution in [0, 0.1) is 11.7 Å². The Kier molecular flexibility index (Phi) is 5.71. The van der Waals surface area contributed by atoms with Crippen molar-refractivity contribution in [2.24, 2.45) is 5.92 Å². The van der Waals surface area contributed by atoms with E-state index in [1.807, 2.05) is 29.2 Å². The second-order valence-corrected chi connectivity index (χ2v) is 9.57. The maximum absolute atomic E-state index is 13.5. The molecule has 1 amide bonds. The van der Waals surface area contributed by atoms with Gasteiger partial charge in [-0.15, -0.1) is 0 Å². The van der Waals surface area contributed by atoms with Gasteiger partial charge in [0.05, 0.1) is 26.8 Å². The molecule has 31 heavy (non-hydrogen) atoms. The summed E-state index contributed by atoms with van der Waals surface area (Å²) < 4.78 is 14.4. The number of piperazine rings is 1. The summed E-state index contributed by atoms with van der Waals surface area (Å²) in [5.41, 5.74) is 1.85. The second kappa shape index (κ2) is 8.63. The first-order chi connectivity index (χ1) is 15.1. The lowest BCUT2D eigenvalue weighted by atomic mass is 9.96. The van der Waals surface area contributed by atoms with Gasteiger partial charge in [0.15, 0.2) is 5.13 Å². The van der Waals surface area contributed by atoms with Crippen LogP contribution in [0.1, 0.15) is 12.8 Å². The summed E-state index contributed by atoms with van der Waals surface area (Å²) >= 11 is 7.83. The van der Waals surface area contributed by atoms with Crippen LogP contribution in [0.15, 0.2) is 42.5 Å². The van der Waals surface area contributed by atoms with Crippen molar-refractivity contribution in [3.8, 4) is 0 Å². The molecular weight excluding hydrogens is 435 g/mol. The first kappa shape index (κ1) is 20.5. The van der Waals surface area contributed by atoms with Gasteiger partial charge in [-0.05, 0) is 43.2 Å². The van der Waals surface area contributed by atoms with Crippen LogP contribution in [0.4, 0.5) is 15.2 Å². The Balaban J connectivity index is 1.23. The van der Waals surface area contributed by atoms with Crippen LogP contribution in [0.3, 0.4) is 0 Å². The standard InChI is InChI=1S/C23H24ClFN4OS/c24-18-5-1-2-6-20(18)27-10-12-28(13-11-27)22(30)16-4-3-9-29(15-16)23-26-19-8-7-17(25)14-21(19)31-23/h1-2,5-8,14,16H,3-4,9-13,15H2. The second-order valence-electron chi connectivity index (χ2n) is 8.16. The van der Waals surface area contributed by atoms with E-state index in [0.717, 1.165) is 58.5 Å². The number of hydrogen-bond acceptors (Lipinski definition) is 5. The van der Waals surface area contributed by atoms with Crippen molar-refractivity contribution in [3.63, 3.8) is 0 Å². The summed E-state index contributed by atoms with van der Waals surface area (Å²) in [4.78, 5) is 24.3. The van der Waals surface area contributed by atoms with Gasteiger partial charge in [-0.1, -0.05) is 35.1 Å². The van der Waals surface area contributed by atoms with Crippen LogP contribution in [0.5, 0.6) is 0 Å². The highest BCUT2D eigenvalue weighted by atomic mass is 35.5. The predicted molar refractivity (Wildman–Crippen MR) is 125 cm³/mol. The highest BCUT2D eigenvalue weighted by Crippen LogP contribution is 2.33. The zero-order chi connectivity index (χ0) is 21.4. The van der Waals surface area contributed by atoms with Gasteiger partial charge in [0.1, 0.15) is 5.82 Å². The van der Waals surface area contributed by atoms with Crippen LogP contribution < -0.4 is 9.80 Å². The number of carbonyl (C=O) groups is 1. The SMILES string of the molecule is O=C(C1CCCN(c2nc3ccc(F)cc3s2)C1)N1CCN(c2ccccc2Cl)CC1. The average molecular weight is 459 g/mol. The number of rotatable bonds is 3. The zero-order valence-corrected chi connectivity index (χ0v) is 18.7. The molecule has 2 aromatic carbocycles. The van der Waals surface area contributed by atoms with Gasteiger partial charge in [0.25, 0.3) is 0 Å². The minimum atomic E-state index is -0.245. The first-order valence-corrected chi connectivity index (χ1v) is 11.9. The number of amides is 1. The maximum atomic E-state index is 13.5. The number of hydrogen-bond donors (Lipinski definition) is 0. The molecule has 2 fully saturated rings. The number of halogens is 2. The van der Waals surface area contributed by atoms with Crippen LogP contribution in [-0.2, 0) is 4.79 Å². The van der Waals surface area contributed by atoms with Crippen molar-refractivity contribution in [1.29, 1.82) is 0 Å². The number of benzene rings is 2. The summed E-state index contributed by atoms with van der Waals surface area (Å²) in [7, 11) is 0. The molecule has 1 atom stereocenters. The van der Waals surface area contributed by atoms with Gasteiger partial charge in [-0.2, -0.15) is 0 Å². The molecule has 2 saturated heterocycles. The third-order valence-corrected chi connectivity index (χ3v) is 7.56. The van der Waals surface area contributed by atoms with Crippen molar-refractivity contribution in [3.05, 3.63) is 53.3 Å². The fourth-order valence-corrected chi connectivity index (χ4v) is 5.79. The normalized spacial score (nSPS) is 19.8. The number of piperidine rings is 1. The monoisotopic (exact) mass is 458 g/mol. The van der Waals surface area contributed by atoms with E-state index >= 15 is 0 Å². The molecule has 8 heteroatoms. The fourth-order valence-electron chi connectivity index (χ4n) is 4.51. The van der Waals surface area contributed by atoms with Gasteiger partial charge in [-0.3, -0.25) is 4.79 Å². The molecule has 3 heterocycles. The van der Waals surface area contributed by atoms with E-state index in [4.69, 9.17) is 11.6 Å². The van der Waals surface area contributed by atoms with Crippen LogP contribution in [-0.4, -0.2) is 55.1 Å². The molecule has 3 aromatic rings. The number of thiazole rings is 1. The molecule has 0 saturated carbocycles. The number of anilines is 2. The van der Waals surface area contributed by atoms with E-state index in [1.165, 1.54) is 23.5 Å². The lowest BCUT2D eigenvalue weighted by Gasteiger charge is -2.40. The Labute approximate surface area is 190 Å². The summed E-state index contributed by atoms with van der Waals surface area (Å²) in [5, 5.41) is 1.63. The average Bonchev–Trinajstić information content (AvgIpc) is 3.22. The van der Waals surface area contributed by atoms with E-state index in [2.05, 4.69) is 14.8 Å². The van der Waals surface area contributed by atoms with Crippen LogP contribution >= 0.6 is 22.9 Å². The molecule has 0 radical (unpaired) electrons. The smallest absolute Gasteiger partial charge is 0.227 e. The minimum Gasteiger partial charge on any atom is -0.367 e. The molecule has 0 aliphatic carbocycles. The molecule has 5 rings (SSSR count). The number of fused-ring (bicyclic) bond motifs is 1. The van der Waals surface area contributed by atoms with Gasteiger partial charge in [0.2, 0.25) is 5.91 Å². The summed E-state index contributed by atoms with van der Waals surface area (Å²) in [5.74, 6) is -0.0367. The Morgan fingerprint density at radius 2 is 1.87 bits per heavy atom. The van der Waals surface area contributed by atoms with Crippen LogP contribution in [0.2, 0.25) is 5.02 Å². The third kappa shape index (κ3) is 4.21. The molecule has 162 valence electrons. The topological polar surface area (TPSA) is 39.7 Å². The number of para-hydroxylation sites is 1. The zero-order valence-electron chi connectivity index (χ0n) is 17.1. The highest BCUT2D eigenvalue weighted by molar-refractivity contribution is 7.22. The Morgan fingerprint density at radius 3 is 2.68 bits per heavy atom. The van der Waals surface area contributed by atoms with Gasteiger partial charge >= 0.3 is 0 Å². The van der Waals surface area contributed by atoms with E-state index < -0.39 is 0 Å².